The first-order valence-corrected chi connectivity index (χ1v) is 24.3. The van der Waals surface area contributed by atoms with Crippen LogP contribution in [-0.4, -0.2) is 34.7 Å². The van der Waals surface area contributed by atoms with Crippen molar-refractivity contribution in [2.75, 3.05) is 4.90 Å². The number of benzene rings is 8. The monoisotopic (exact) mass is 897 g/mol. The number of para-hydroxylation sites is 5. The van der Waals surface area contributed by atoms with Crippen LogP contribution in [0.2, 0.25) is 0 Å². The predicted octanol–water partition coefficient (Wildman–Crippen LogP) is 14.8. The lowest BCUT2D eigenvalue weighted by Crippen LogP contribution is -2.30. The van der Waals surface area contributed by atoms with Gasteiger partial charge in [-0.2, -0.15) is 15.0 Å². The van der Waals surface area contributed by atoms with Crippen molar-refractivity contribution in [3.8, 4) is 40.1 Å². The maximum Gasteiger partial charge on any atom is 0.240 e. The molecule has 0 saturated carbocycles. The van der Waals surface area contributed by atoms with Gasteiger partial charge in [0.1, 0.15) is 0 Å². The topological polar surface area (TPSA) is 56.7 Å². The number of fused-ring (bicyclic) bond motifs is 12. The molecule has 0 N–H and O–H groups in total. The number of hydrogen-bond donors (Lipinski definition) is 0. The van der Waals surface area contributed by atoms with Crippen LogP contribution in [0.1, 0.15) is 34.5 Å². The summed E-state index contributed by atoms with van der Waals surface area (Å²) in [7, 11) is 0. The minimum Gasteiger partial charge on any atom is -0.333 e. The summed E-state index contributed by atoms with van der Waals surface area (Å²) in [4.78, 5) is 19.2. The summed E-state index contributed by atoms with van der Waals surface area (Å²) in [5.41, 5.74) is 18.7. The van der Waals surface area contributed by atoms with Crippen molar-refractivity contribution in [3.63, 3.8) is 0 Å². The third kappa shape index (κ3) is 5.78. The van der Waals surface area contributed by atoms with E-state index >= 15 is 0 Å². The van der Waals surface area contributed by atoms with E-state index in [1.54, 1.807) is 0 Å². The van der Waals surface area contributed by atoms with Gasteiger partial charge in [0.05, 0.1) is 39.5 Å². The molecule has 4 aromatic heterocycles. The number of aryl methyl sites for hydroxylation is 1. The van der Waals surface area contributed by atoms with Gasteiger partial charge in [0.15, 0.2) is 5.82 Å². The van der Waals surface area contributed by atoms with Crippen molar-refractivity contribution in [2.45, 2.75) is 25.3 Å². The van der Waals surface area contributed by atoms with Gasteiger partial charge in [0.25, 0.3) is 0 Å². The van der Waals surface area contributed by atoms with Crippen LogP contribution in [0.4, 0.5) is 11.4 Å². The number of hydrogen-bond acceptors (Lipinski definition) is 4. The average Bonchev–Trinajstić information content (AvgIpc) is 4.14. The molecule has 7 heteroatoms. The van der Waals surface area contributed by atoms with Crippen molar-refractivity contribution in [2.24, 2.45) is 0 Å². The summed E-state index contributed by atoms with van der Waals surface area (Å²) in [6, 6.07) is 72.0. The lowest BCUT2D eigenvalue weighted by atomic mass is 9.89. The van der Waals surface area contributed by atoms with Gasteiger partial charge in [0, 0.05) is 56.2 Å². The highest BCUT2D eigenvalue weighted by Gasteiger charge is 2.39. The molecule has 0 spiro atoms. The van der Waals surface area contributed by atoms with Crippen LogP contribution in [0.15, 0.2) is 206 Å². The summed E-state index contributed by atoms with van der Waals surface area (Å²) in [6.07, 6.45) is 9.70. The van der Waals surface area contributed by atoms with Gasteiger partial charge in [-0.05, 0) is 107 Å². The average molecular weight is 898 g/mol. The van der Waals surface area contributed by atoms with E-state index < -0.39 is 0 Å². The van der Waals surface area contributed by atoms with E-state index in [0.717, 1.165) is 58.5 Å². The molecular weight excluding hydrogens is 855 g/mol. The van der Waals surface area contributed by atoms with Crippen molar-refractivity contribution in [1.29, 1.82) is 0 Å². The van der Waals surface area contributed by atoms with E-state index in [4.69, 9.17) is 15.0 Å². The van der Waals surface area contributed by atoms with Gasteiger partial charge in [-0.25, -0.2) is 0 Å². The SMILES string of the molecule is C1=Cc2c(c3cc4c(cc3n2-c2nc(-c3ccc(-c5ccccc5)cc3)nc(-n3c5c(c6ccccc63)CC3C(=C5)c5ccccc5N3c3ccccc3)n2)c2ccccc2n4-c2ccccc2)CC1. The molecule has 12 aromatic rings. The van der Waals surface area contributed by atoms with Gasteiger partial charge >= 0.3 is 0 Å². The Balaban J connectivity index is 0.992. The summed E-state index contributed by atoms with van der Waals surface area (Å²) in [5, 5.41) is 4.81. The van der Waals surface area contributed by atoms with E-state index in [-0.39, 0.29) is 6.04 Å². The Labute approximate surface area is 404 Å². The second kappa shape index (κ2) is 15.2. The molecule has 5 heterocycles. The molecule has 0 saturated heterocycles. The molecule has 1 atom stereocenters. The van der Waals surface area contributed by atoms with Crippen LogP contribution >= 0.6 is 0 Å². The van der Waals surface area contributed by atoms with Crippen LogP contribution < -0.4 is 4.90 Å². The predicted molar refractivity (Wildman–Crippen MR) is 286 cm³/mol. The zero-order valence-corrected chi connectivity index (χ0v) is 38.1. The molecule has 0 amide bonds. The van der Waals surface area contributed by atoms with Crippen molar-refractivity contribution < 1.29 is 0 Å². The number of anilines is 2. The first-order valence-electron chi connectivity index (χ1n) is 24.3. The Morgan fingerprint density at radius 3 is 1.79 bits per heavy atom. The fraction of sp³-hybridized carbons (Fsp3) is 0.0635. The fourth-order valence-corrected chi connectivity index (χ4v) is 11.8. The number of rotatable bonds is 6. The first kappa shape index (κ1) is 39.0. The minimum absolute atomic E-state index is 0.133. The van der Waals surface area contributed by atoms with Crippen molar-refractivity contribution >= 4 is 72.7 Å². The lowest BCUT2D eigenvalue weighted by Gasteiger charge is -2.30. The van der Waals surface area contributed by atoms with E-state index in [1.165, 1.54) is 71.8 Å². The fourth-order valence-electron chi connectivity index (χ4n) is 11.8. The molecule has 0 bridgehead atoms. The smallest absolute Gasteiger partial charge is 0.240 e. The molecule has 7 nitrogen and oxygen atoms in total. The summed E-state index contributed by atoms with van der Waals surface area (Å²) < 4.78 is 7.01. The second-order valence-corrected chi connectivity index (χ2v) is 18.7. The first-order chi connectivity index (χ1) is 34.7. The van der Waals surface area contributed by atoms with Crippen LogP contribution in [0, 0.1) is 0 Å². The molecule has 330 valence electrons. The molecular formula is C63H43N7. The summed E-state index contributed by atoms with van der Waals surface area (Å²) >= 11 is 0. The Kier molecular flexibility index (Phi) is 8.48. The second-order valence-electron chi connectivity index (χ2n) is 18.7. The Hall–Kier alpha value is -9.07. The highest BCUT2D eigenvalue weighted by molar-refractivity contribution is 6.14. The maximum atomic E-state index is 5.64. The summed E-state index contributed by atoms with van der Waals surface area (Å²) in [5.74, 6) is 1.79. The van der Waals surface area contributed by atoms with Gasteiger partial charge in [-0.1, -0.05) is 152 Å². The molecule has 70 heavy (non-hydrogen) atoms. The molecule has 1 unspecified atom stereocenters. The minimum atomic E-state index is 0.133. The van der Waals surface area contributed by atoms with Crippen molar-refractivity contribution in [3.05, 3.63) is 234 Å². The van der Waals surface area contributed by atoms with E-state index in [0.29, 0.717) is 17.7 Å². The molecule has 0 radical (unpaired) electrons. The standard InChI is InChI=1S/C63H43N7/c1-4-18-40(19-5-1)41-32-34-42(35-33-41)61-64-62(69-55-30-16-12-26-47(55)51-36-57-49(38-59(51)69)45-24-10-14-28-53(45)67(57)43-20-6-2-7-21-43)66-63(65-61)70-56-31-17-13-27-48(56)52-37-58-50(39-60(52)70)46-25-11-15-29-54(46)68(58)44-22-8-3-9-23-44/h1-12,14-26,28-35,37-39,57H,13,27,36H2. The normalized spacial score (nSPS) is 14.8. The lowest BCUT2D eigenvalue weighted by molar-refractivity contribution is 0.799. The van der Waals surface area contributed by atoms with Gasteiger partial charge in [-0.3, -0.25) is 9.13 Å². The zero-order valence-electron chi connectivity index (χ0n) is 38.1. The van der Waals surface area contributed by atoms with Gasteiger partial charge in [0.2, 0.25) is 11.9 Å². The van der Waals surface area contributed by atoms with E-state index in [9.17, 15) is 0 Å². The Morgan fingerprint density at radius 2 is 1.01 bits per heavy atom. The largest absolute Gasteiger partial charge is 0.333 e. The third-order valence-electron chi connectivity index (χ3n) is 14.9. The third-order valence-corrected chi connectivity index (χ3v) is 14.9. The number of allylic oxidation sites excluding steroid dienone is 1. The van der Waals surface area contributed by atoms with Crippen molar-refractivity contribution in [1.82, 2.24) is 28.7 Å². The van der Waals surface area contributed by atoms with Crippen LogP contribution in [0.5, 0.6) is 0 Å². The quantitative estimate of drug-likeness (QED) is 0.167. The van der Waals surface area contributed by atoms with Crippen LogP contribution in [-0.2, 0) is 12.8 Å². The highest BCUT2D eigenvalue weighted by Crippen LogP contribution is 2.50. The van der Waals surface area contributed by atoms with Crippen LogP contribution in [0.25, 0.3) is 101 Å². The van der Waals surface area contributed by atoms with E-state index in [2.05, 4.69) is 237 Å². The maximum absolute atomic E-state index is 5.64. The number of aromatic nitrogens is 6. The molecule has 15 rings (SSSR count). The zero-order chi connectivity index (χ0) is 45.9. The highest BCUT2D eigenvalue weighted by atomic mass is 15.3. The molecule has 3 aliphatic rings. The number of nitrogens with zero attached hydrogens (tertiary/aromatic N) is 7. The van der Waals surface area contributed by atoms with Gasteiger partial charge in [-0.15, -0.1) is 0 Å². The molecule has 1 aliphatic heterocycles. The van der Waals surface area contributed by atoms with Crippen LogP contribution in [0.3, 0.4) is 0 Å². The Bertz CT molecular complexity index is 4140. The van der Waals surface area contributed by atoms with E-state index in [1.807, 2.05) is 0 Å². The molecule has 8 aromatic carbocycles. The summed E-state index contributed by atoms with van der Waals surface area (Å²) in [6.45, 7) is 0. The molecule has 2 aliphatic carbocycles. The molecule has 0 fully saturated rings. The Morgan fingerprint density at radius 1 is 0.429 bits per heavy atom. The van der Waals surface area contributed by atoms with Gasteiger partial charge < -0.3 is 9.47 Å².